The van der Waals surface area contributed by atoms with E-state index in [9.17, 15) is 0 Å². The summed E-state index contributed by atoms with van der Waals surface area (Å²) in [6.07, 6.45) is 0. The van der Waals surface area contributed by atoms with Crippen molar-refractivity contribution in [1.82, 2.24) is 4.90 Å². The maximum Gasteiger partial charge on any atom is 0.119 e. The molecule has 0 saturated heterocycles. The zero-order valence-corrected chi connectivity index (χ0v) is 11.2. The van der Waals surface area contributed by atoms with Crippen LogP contribution in [0, 0.1) is 0 Å². The van der Waals surface area contributed by atoms with Gasteiger partial charge in [-0.15, -0.1) is 0 Å². The highest BCUT2D eigenvalue weighted by atomic mass is 16.5. The van der Waals surface area contributed by atoms with Crippen LogP contribution in [0.1, 0.15) is 27.7 Å². The molecule has 0 amide bonds. The molecule has 0 atom stereocenters. The Labute approximate surface area is 104 Å². The van der Waals surface area contributed by atoms with E-state index in [0.29, 0.717) is 18.7 Å². The van der Waals surface area contributed by atoms with Crippen LogP contribution in [0.15, 0.2) is 24.3 Å². The summed E-state index contributed by atoms with van der Waals surface area (Å²) in [5.74, 6) is 1.07. The summed E-state index contributed by atoms with van der Waals surface area (Å²) in [6, 6.07) is 7.89. The molecule has 0 aromatic heterocycles. The Hall–Kier alpha value is -1.22. The molecule has 0 unspecified atom stereocenters. The van der Waals surface area contributed by atoms with Crippen molar-refractivity contribution in [2.24, 2.45) is 0 Å². The lowest BCUT2D eigenvalue weighted by atomic mass is 10.2. The van der Waals surface area contributed by atoms with Crippen LogP contribution in [0.5, 0.6) is 11.5 Å². The van der Waals surface area contributed by atoms with Crippen molar-refractivity contribution in [2.45, 2.75) is 39.8 Å². The molecule has 0 fully saturated rings. The summed E-state index contributed by atoms with van der Waals surface area (Å²) in [5, 5.41) is 9.15. The van der Waals surface area contributed by atoms with Crippen molar-refractivity contribution in [2.75, 3.05) is 13.2 Å². The van der Waals surface area contributed by atoms with Gasteiger partial charge >= 0.3 is 0 Å². The maximum absolute atomic E-state index is 9.15. The minimum Gasteiger partial charge on any atom is -0.508 e. The number of benzene rings is 1. The molecule has 3 nitrogen and oxygen atoms in total. The Morgan fingerprint density at radius 2 is 1.59 bits per heavy atom. The number of ether oxygens (including phenoxy) is 1. The van der Waals surface area contributed by atoms with E-state index in [2.05, 4.69) is 32.6 Å². The lowest BCUT2D eigenvalue weighted by Crippen LogP contribution is -2.39. The van der Waals surface area contributed by atoms with E-state index in [1.54, 1.807) is 24.3 Å². The second-order valence-corrected chi connectivity index (χ2v) is 4.77. The highest BCUT2D eigenvalue weighted by Crippen LogP contribution is 2.16. The predicted octanol–water partition coefficient (Wildman–Crippen LogP) is 2.89. The number of rotatable bonds is 6. The summed E-state index contributed by atoms with van der Waals surface area (Å²) in [4.78, 5) is 2.39. The first-order valence-corrected chi connectivity index (χ1v) is 6.18. The number of hydrogen-bond acceptors (Lipinski definition) is 3. The molecule has 0 radical (unpaired) electrons. The van der Waals surface area contributed by atoms with Gasteiger partial charge in [-0.05, 0) is 52.0 Å². The molecule has 1 N–H and O–H groups in total. The van der Waals surface area contributed by atoms with Crippen molar-refractivity contribution < 1.29 is 9.84 Å². The highest BCUT2D eigenvalue weighted by molar-refractivity contribution is 5.29. The van der Waals surface area contributed by atoms with Gasteiger partial charge in [0, 0.05) is 18.6 Å². The van der Waals surface area contributed by atoms with E-state index < -0.39 is 0 Å². The molecule has 3 heteroatoms. The third kappa shape index (κ3) is 4.65. The molecular weight excluding hydrogens is 214 g/mol. The largest absolute Gasteiger partial charge is 0.508 e. The smallest absolute Gasteiger partial charge is 0.119 e. The van der Waals surface area contributed by atoms with E-state index in [1.165, 1.54) is 0 Å². The van der Waals surface area contributed by atoms with Gasteiger partial charge in [0.25, 0.3) is 0 Å². The summed E-state index contributed by atoms with van der Waals surface area (Å²) in [7, 11) is 0. The third-order valence-corrected chi connectivity index (χ3v) is 2.78. The van der Waals surface area contributed by atoms with Gasteiger partial charge in [0.1, 0.15) is 18.1 Å². The summed E-state index contributed by atoms with van der Waals surface area (Å²) in [5.41, 5.74) is 0. The van der Waals surface area contributed by atoms with Crippen molar-refractivity contribution in [3.05, 3.63) is 24.3 Å². The molecule has 17 heavy (non-hydrogen) atoms. The van der Waals surface area contributed by atoms with Gasteiger partial charge in [-0.25, -0.2) is 0 Å². The number of hydrogen-bond donors (Lipinski definition) is 1. The average Bonchev–Trinajstić information content (AvgIpc) is 2.25. The molecule has 0 heterocycles. The molecule has 1 aromatic rings. The standard InChI is InChI=1S/C14H23NO2/c1-11(2)15(12(3)4)9-10-17-14-7-5-13(16)6-8-14/h5-8,11-12,16H,9-10H2,1-4H3. The number of nitrogens with zero attached hydrogens (tertiary/aromatic N) is 1. The lowest BCUT2D eigenvalue weighted by molar-refractivity contribution is 0.142. The molecular formula is C14H23NO2. The van der Waals surface area contributed by atoms with Gasteiger partial charge in [-0.2, -0.15) is 0 Å². The van der Waals surface area contributed by atoms with Crippen LogP contribution in [0.4, 0.5) is 0 Å². The lowest BCUT2D eigenvalue weighted by Gasteiger charge is -2.30. The van der Waals surface area contributed by atoms with Crippen molar-refractivity contribution in [3.63, 3.8) is 0 Å². The highest BCUT2D eigenvalue weighted by Gasteiger charge is 2.12. The predicted molar refractivity (Wildman–Crippen MR) is 70.6 cm³/mol. The van der Waals surface area contributed by atoms with Crippen LogP contribution in [-0.4, -0.2) is 35.2 Å². The maximum atomic E-state index is 9.15. The van der Waals surface area contributed by atoms with Crippen molar-refractivity contribution >= 4 is 0 Å². The van der Waals surface area contributed by atoms with E-state index in [1.807, 2.05) is 0 Å². The molecule has 1 aromatic carbocycles. The average molecular weight is 237 g/mol. The van der Waals surface area contributed by atoms with Crippen molar-refractivity contribution in [1.29, 1.82) is 0 Å². The monoisotopic (exact) mass is 237 g/mol. The molecule has 1 rings (SSSR count). The third-order valence-electron chi connectivity index (χ3n) is 2.78. The normalized spacial score (nSPS) is 11.5. The molecule has 96 valence electrons. The molecule has 0 aliphatic carbocycles. The quantitative estimate of drug-likeness (QED) is 0.825. The molecule has 0 aliphatic heterocycles. The number of phenols is 1. The zero-order valence-electron chi connectivity index (χ0n) is 11.2. The molecule has 0 aliphatic rings. The SMILES string of the molecule is CC(C)N(CCOc1ccc(O)cc1)C(C)C. The van der Waals surface area contributed by atoms with Gasteiger partial charge in [-0.1, -0.05) is 0 Å². The summed E-state index contributed by atoms with van der Waals surface area (Å²) >= 11 is 0. The van der Waals surface area contributed by atoms with Crippen LogP contribution < -0.4 is 4.74 Å². The molecule has 0 bridgehead atoms. The topological polar surface area (TPSA) is 32.7 Å². The first-order valence-electron chi connectivity index (χ1n) is 6.18. The minimum absolute atomic E-state index is 0.267. The Kier molecular flexibility index (Phi) is 5.29. The van der Waals surface area contributed by atoms with Gasteiger partial charge in [0.2, 0.25) is 0 Å². The first kappa shape index (κ1) is 13.8. The van der Waals surface area contributed by atoms with E-state index in [0.717, 1.165) is 12.3 Å². The second kappa shape index (κ2) is 6.50. The van der Waals surface area contributed by atoms with E-state index >= 15 is 0 Å². The van der Waals surface area contributed by atoms with Crippen LogP contribution in [0.2, 0.25) is 0 Å². The fraction of sp³-hybridized carbons (Fsp3) is 0.571. The Balaban J connectivity index is 2.38. The van der Waals surface area contributed by atoms with Gasteiger partial charge in [0.05, 0.1) is 0 Å². The Morgan fingerprint density at radius 1 is 1.06 bits per heavy atom. The van der Waals surface area contributed by atoms with Crippen LogP contribution in [0.3, 0.4) is 0 Å². The van der Waals surface area contributed by atoms with Crippen LogP contribution in [0.25, 0.3) is 0 Å². The molecule has 0 spiro atoms. The number of phenolic OH excluding ortho intramolecular Hbond substituents is 1. The summed E-state index contributed by atoms with van der Waals surface area (Å²) < 4.78 is 5.64. The minimum atomic E-state index is 0.267. The van der Waals surface area contributed by atoms with E-state index in [4.69, 9.17) is 9.84 Å². The van der Waals surface area contributed by atoms with Crippen molar-refractivity contribution in [3.8, 4) is 11.5 Å². The first-order chi connectivity index (χ1) is 8.00. The zero-order chi connectivity index (χ0) is 12.8. The van der Waals surface area contributed by atoms with Crippen LogP contribution in [-0.2, 0) is 0 Å². The van der Waals surface area contributed by atoms with E-state index in [-0.39, 0.29) is 5.75 Å². The number of aromatic hydroxyl groups is 1. The fourth-order valence-electron chi connectivity index (χ4n) is 1.92. The Bertz CT molecular complexity index is 311. The van der Waals surface area contributed by atoms with Gasteiger partial charge in [-0.3, -0.25) is 4.90 Å². The Morgan fingerprint density at radius 3 is 2.06 bits per heavy atom. The van der Waals surface area contributed by atoms with Gasteiger partial charge < -0.3 is 9.84 Å². The second-order valence-electron chi connectivity index (χ2n) is 4.77. The summed E-state index contributed by atoms with van der Waals surface area (Å²) in [6.45, 7) is 10.4. The van der Waals surface area contributed by atoms with Gasteiger partial charge in [0.15, 0.2) is 0 Å². The van der Waals surface area contributed by atoms with Crippen LogP contribution >= 0.6 is 0 Å². The fourth-order valence-corrected chi connectivity index (χ4v) is 1.92. The molecule has 0 saturated carbocycles.